The molecule has 0 aromatic heterocycles. The second-order valence-electron chi connectivity index (χ2n) is 0. The van der Waals surface area contributed by atoms with Crippen molar-refractivity contribution in [2.45, 2.75) is 0 Å². The summed E-state index contributed by atoms with van der Waals surface area (Å²) >= 11 is 1.06. The first-order valence-corrected chi connectivity index (χ1v) is 1.98. The van der Waals surface area contributed by atoms with Crippen LogP contribution in [0.15, 0.2) is 0 Å². The van der Waals surface area contributed by atoms with Gasteiger partial charge in [-0.15, -0.1) is 0 Å². The normalized spacial score (nSPS) is 3.00. The Morgan fingerprint density at radius 2 is 0.750 bits per heavy atom. The van der Waals surface area contributed by atoms with Crippen molar-refractivity contribution < 1.29 is 36.4 Å². The molecule has 0 radical (unpaired) electrons. The van der Waals surface area contributed by atoms with Crippen molar-refractivity contribution in [1.82, 2.24) is 0 Å². The summed E-state index contributed by atoms with van der Waals surface area (Å²) in [5.74, 6) is 0. The Kier molecular flexibility index (Phi) is 12200. The van der Waals surface area contributed by atoms with E-state index in [1.54, 1.807) is 0 Å². The third-order valence-corrected chi connectivity index (χ3v) is 0. The van der Waals surface area contributed by atoms with Crippen LogP contribution >= 0.6 is 0 Å². The van der Waals surface area contributed by atoms with Crippen LogP contribution in [0, 0.1) is 0 Å². The van der Waals surface area contributed by atoms with Crippen molar-refractivity contribution in [2.75, 3.05) is 21.3 Å². The quantitative estimate of drug-likeness (QED) is 0.373. The molecule has 4 nitrogen and oxygen atoms in total. The van der Waals surface area contributed by atoms with Crippen LogP contribution in [0.5, 0.6) is 0 Å². The van der Waals surface area contributed by atoms with Gasteiger partial charge in [0.1, 0.15) is 0 Å². The fourth-order valence-corrected chi connectivity index (χ4v) is 0. The molecule has 0 amide bonds. The van der Waals surface area contributed by atoms with E-state index in [-0.39, 0.29) is 0 Å². The van der Waals surface area contributed by atoms with Gasteiger partial charge in [-0.05, 0) is 0 Å². The molecule has 0 saturated heterocycles. The van der Waals surface area contributed by atoms with E-state index in [0.717, 1.165) is 38.7 Å². The van der Waals surface area contributed by atoms with Crippen molar-refractivity contribution >= 4 is 0 Å². The van der Waals surface area contributed by atoms with Gasteiger partial charge in [0.25, 0.3) is 0 Å². The zero-order chi connectivity index (χ0) is 8.00. The van der Waals surface area contributed by atoms with Gasteiger partial charge in [-0.25, -0.2) is 0 Å². The summed E-state index contributed by atoms with van der Waals surface area (Å²) in [5, 5.41) is 24.8. The van der Waals surface area contributed by atoms with Crippen LogP contribution in [0.25, 0.3) is 0 Å². The molecule has 50 valence electrons. The molecule has 0 bridgehead atoms. The molecule has 0 N–H and O–H groups in total. The van der Waals surface area contributed by atoms with E-state index in [4.69, 9.17) is 19.0 Å². The average molecular weight is 160 g/mol. The second-order valence-corrected chi connectivity index (χ2v) is 0. The van der Waals surface area contributed by atoms with E-state index < -0.39 is 0 Å². The molecule has 0 aromatic rings. The van der Waals surface area contributed by atoms with Gasteiger partial charge in [-0.3, -0.25) is 0 Å². The Morgan fingerprint density at radius 1 is 0.750 bits per heavy atom. The Morgan fingerprint density at radius 3 is 0.750 bits per heavy atom. The Labute approximate surface area is 58.4 Å². The van der Waals surface area contributed by atoms with E-state index in [1.165, 1.54) is 0 Å². The third kappa shape index (κ3) is 2480. The van der Waals surface area contributed by atoms with Crippen LogP contribution in [0.1, 0.15) is 0 Å². The number of hydrogen-bond donors (Lipinski definition) is 0. The molecule has 0 aliphatic heterocycles. The molecule has 8 heavy (non-hydrogen) atoms. The van der Waals surface area contributed by atoms with Gasteiger partial charge in [0, 0.05) is 0 Å². The van der Waals surface area contributed by atoms with E-state index in [1.807, 2.05) is 0 Å². The fraction of sp³-hybridized carbons (Fsp3) is 1.00. The fourth-order valence-electron chi connectivity index (χ4n) is 0. The Balaban J connectivity index is -0.0000000133. The third-order valence-electron chi connectivity index (χ3n) is 0. The summed E-state index contributed by atoms with van der Waals surface area (Å²) in [6.07, 6.45) is 0. The molecule has 0 spiro atoms. The van der Waals surface area contributed by atoms with Crippen LogP contribution in [-0.4, -0.2) is 21.3 Å². The van der Waals surface area contributed by atoms with Crippen LogP contribution in [0.4, 0.5) is 0 Å². The summed E-state index contributed by atoms with van der Waals surface area (Å²) in [7, 11) is 2.25. The van der Waals surface area contributed by atoms with Gasteiger partial charge >= 0.3 is 21.0 Å². The van der Waals surface area contributed by atoms with Gasteiger partial charge in [0.05, 0.1) is 0 Å². The molecule has 0 heterocycles. The summed E-state index contributed by atoms with van der Waals surface area (Å²) in [6, 6.07) is 0. The molecule has 0 unspecified atom stereocenters. The number of rotatable bonds is 0. The van der Waals surface area contributed by atoms with E-state index in [9.17, 15) is 0 Å². The zero-order valence-corrected chi connectivity index (χ0v) is 6.48. The molecule has 0 aromatic carbocycles. The zero-order valence-electron chi connectivity index (χ0n) is 5.08. The van der Waals surface area contributed by atoms with Crippen LogP contribution < -0.4 is 15.3 Å². The second kappa shape index (κ2) is 4080. The summed E-state index contributed by atoms with van der Waals surface area (Å²) in [4.78, 5) is 0. The first kappa shape index (κ1) is 24.0. The first-order valence-electron chi connectivity index (χ1n) is 1.41. The van der Waals surface area contributed by atoms with Crippen molar-refractivity contribution in [3.05, 3.63) is 0 Å². The topological polar surface area (TPSA) is 86.2 Å². The van der Waals surface area contributed by atoms with Crippen molar-refractivity contribution in [3.63, 3.8) is 0 Å². The standard InChI is InChI=1S/3CH3O.O.V/c3*1-2;;/h3*1H3;;/q3*-1;;+3. The van der Waals surface area contributed by atoms with Crippen molar-refractivity contribution in [1.29, 1.82) is 0 Å². The Hall–Kier alpha value is 0.264. The minimum atomic E-state index is 0.750. The molecule has 0 atom stereocenters. The van der Waals surface area contributed by atoms with Gasteiger partial charge in [-0.1, -0.05) is 0 Å². The van der Waals surface area contributed by atoms with Crippen molar-refractivity contribution in [2.24, 2.45) is 0 Å². The molecule has 0 fully saturated rings. The predicted octanol–water partition coefficient (Wildman–Crippen LogP) is -3.19. The van der Waals surface area contributed by atoms with Gasteiger partial charge in [-0.2, -0.15) is 21.3 Å². The van der Waals surface area contributed by atoms with E-state index in [0.29, 0.717) is 0 Å². The maximum absolute atomic E-state index is 8.25. The Bertz CT molecular complexity index is 11.2. The van der Waals surface area contributed by atoms with Crippen LogP contribution in [0.3, 0.4) is 0 Å². The summed E-state index contributed by atoms with van der Waals surface area (Å²) in [6.45, 7) is 0. The van der Waals surface area contributed by atoms with E-state index in [2.05, 4.69) is 0 Å². The molecule has 0 aliphatic rings. The van der Waals surface area contributed by atoms with E-state index >= 15 is 0 Å². The molecular formula is C3H9O4V. The SMILES string of the molecule is C[O-].C[O-].C[O-].[O]=[V+3]. The minimum absolute atomic E-state index is 0.750. The van der Waals surface area contributed by atoms with Gasteiger partial charge in [0.15, 0.2) is 0 Å². The van der Waals surface area contributed by atoms with Crippen LogP contribution in [-0.2, 0) is 21.0 Å². The van der Waals surface area contributed by atoms with Crippen molar-refractivity contribution in [3.8, 4) is 0 Å². The monoisotopic (exact) mass is 160 g/mol. The summed E-state index contributed by atoms with van der Waals surface area (Å²) < 4.78 is 8.19. The molecule has 0 rings (SSSR count). The first-order chi connectivity index (χ1) is 4.00. The molecule has 0 aliphatic carbocycles. The summed E-state index contributed by atoms with van der Waals surface area (Å²) in [5.41, 5.74) is 0. The molecular weight excluding hydrogens is 151 g/mol. The number of hydrogen-bond acceptors (Lipinski definition) is 4. The average Bonchev–Trinajstić information content (AvgIpc) is 2.03. The maximum atomic E-state index is 8.25. The van der Waals surface area contributed by atoms with Crippen LogP contribution in [0.2, 0.25) is 0 Å². The van der Waals surface area contributed by atoms with Gasteiger partial charge < -0.3 is 15.3 Å². The molecule has 5 heteroatoms. The predicted molar refractivity (Wildman–Crippen MR) is 18.5 cm³/mol. The van der Waals surface area contributed by atoms with Gasteiger partial charge in [0.2, 0.25) is 0 Å². The molecule has 0 saturated carbocycles.